The van der Waals surface area contributed by atoms with Crippen molar-refractivity contribution in [2.45, 2.75) is 19.4 Å². The van der Waals surface area contributed by atoms with Crippen LogP contribution in [0.4, 0.5) is 18.0 Å². The molecule has 0 aliphatic heterocycles. The van der Waals surface area contributed by atoms with Gasteiger partial charge in [0.05, 0.1) is 27.8 Å². The standard InChI is InChI=1S/C16H16Cl2F3N3O4/c1-8-4-12(23-24(8)15(25)22-7-13(26-2)27-3)28-14-10(17)5-9(6-11(14)18)16(19,20)21/h4-6,13H,7H2,1-3H3,(H,22,25). The first-order chi connectivity index (χ1) is 13.1. The highest BCUT2D eigenvalue weighted by atomic mass is 35.5. The second-order valence-corrected chi connectivity index (χ2v) is 6.31. The summed E-state index contributed by atoms with van der Waals surface area (Å²) in [5, 5.41) is 5.80. The maximum atomic E-state index is 12.8. The number of alkyl halides is 3. The SMILES string of the molecule is COC(CNC(=O)n1nc(Oc2c(Cl)cc(C(F)(F)F)cc2Cl)cc1C)OC. The largest absolute Gasteiger partial charge is 0.434 e. The molecule has 0 aliphatic rings. The van der Waals surface area contributed by atoms with Gasteiger partial charge in [-0.1, -0.05) is 23.2 Å². The van der Waals surface area contributed by atoms with Gasteiger partial charge in [-0.15, -0.1) is 5.10 Å². The van der Waals surface area contributed by atoms with Gasteiger partial charge in [0.1, 0.15) is 0 Å². The number of aromatic nitrogens is 2. The van der Waals surface area contributed by atoms with E-state index < -0.39 is 24.1 Å². The molecule has 28 heavy (non-hydrogen) atoms. The van der Waals surface area contributed by atoms with Gasteiger partial charge in [-0.25, -0.2) is 4.79 Å². The highest BCUT2D eigenvalue weighted by Crippen LogP contribution is 2.41. The number of rotatable bonds is 6. The van der Waals surface area contributed by atoms with Gasteiger partial charge >= 0.3 is 12.2 Å². The van der Waals surface area contributed by atoms with Gasteiger partial charge in [0, 0.05) is 20.3 Å². The van der Waals surface area contributed by atoms with E-state index >= 15 is 0 Å². The number of carbonyl (C=O) groups is 1. The fourth-order valence-corrected chi connectivity index (χ4v) is 2.70. The fraction of sp³-hybridized carbons (Fsp3) is 0.375. The van der Waals surface area contributed by atoms with Crippen LogP contribution in [0.3, 0.4) is 0 Å². The van der Waals surface area contributed by atoms with Crippen molar-refractivity contribution in [1.29, 1.82) is 0 Å². The smallest absolute Gasteiger partial charge is 0.416 e. The lowest BCUT2D eigenvalue weighted by Crippen LogP contribution is -2.37. The maximum absolute atomic E-state index is 12.8. The van der Waals surface area contributed by atoms with Crippen molar-refractivity contribution in [1.82, 2.24) is 15.1 Å². The quantitative estimate of drug-likeness (QED) is 0.668. The third-order valence-electron chi connectivity index (χ3n) is 3.54. The molecule has 0 fully saturated rings. The summed E-state index contributed by atoms with van der Waals surface area (Å²) in [4.78, 5) is 12.2. The van der Waals surface area contributed by atoms with Crippen molar-refractivity contribution in [3.05, 3.63) is 39.5 Å². The van der Waals surface area contributed by atoms with Gasteiger partial charge in [-0.05, 0) is 19.1 Å². The van der Waals surface area contributed by atoms with E-state index in [0.717, 1.165) is 4.68 Å². The van der Waals surface area contributed by atoms with Gasteiger partial charge in [0.15, 0.2) is 12.0 Å². The third kappa shape index (κ3) is 5.28. The Morgan fingerprint density at radius 1 is 1.21 bits per heavy atom. The van der Waals surface area contributed by atoms with Gasteiger partial charge in [0.25, 0.3) is 0 Å². The predicted octanol–water partition coefficient (Wildman–Crippen LogP) is 4.49. The van der Waals surface area contributed by atoms with Crippen LogP contribution in [-0.4, -0.2) is 42.9 Å². The second kappa shape index (κ2) is 8.99. The summed E-state index contributed by atoms with van der Waals surface area (Å²) < 4.78 is 54.7. The molecule has 2 aromatic rings. The molecule has 1 N–H and O–H groups in total. The number of benzene rings is 1. The van der Waals surface area contributed by atoms with E-state index in [2.05, 4.69) is 10.4 Å². The molecular weight excluding hydrogens is 426 g/mol. The Kier molecular flexibility index (Phi) is 7.16. The highest BCUT2D eigenvalue weighted by Gasteiger charge is 2.32. The molecule has 0 saturated heterocycles. The monoisotopic (exact) mass is 441 g/mol. The summed E-state index contributed by atoms with van der Waals surface area (Å²) in [7, 11) is 2.84. The molecule has 12 heteroatoms. The first kappa shape index (κ1) is 22.3. The van der Waals surface area contributed by atoms with Crippen molar-refractivity contribution >= 4 is 29.2 Å². The zero-order valence-corrected chi connectivity index (χ0v) is 16.4. The number of nitrogens with one attached hydrogen (secondary N) is 1. The molecule has 0 saturated carbocycles. The van der Waals surface area contributed by atoms with Crippen LogP contribution in [0, 0.1) is 6.92 Å². The van der Waals surface area contributed by atoms with Crippen LogP contribution >= 0.6 is 23.2 Å². The minimum atomic E-state index is -4.61. The summed E-state index contributed by atoms with van der Waals surface area (Å²) in [5.74, 6) is -0.286. The Bertz CT molecular complexity index is 831. The summed E-state index contributed by atoms with van der Waals surface area (Å²) in [6.45, 7) is 1.65. The van der Waals surface area contributed by atoms with Crippen LogP contribution < -0.4 is 10.1 Å². The number of methoxy groups -OCH3 is 2. The Hall–Kier alpha value is -2.01. The van der Waals surface area contributed by atoms with Gasteiger partial charge in [-0.3, -0.25) is 0 Å². The molecule has 1 heterocycles. The van der Waals surface area contributed by atoms with Crippen molar-refractivity contribution in [3.63, 3.8) is 0 Å². The van der Waals surface area contributed by atoms with Crippen LogP contribution in [0.25, 0.3) is 0 Å². The van der Waals surface area contributed by atoms with E-state index in [-0.39, 0.29) is 28.2 Å². The Morgan fingerprint density at radius 3 is 2.29 bits per heavy atom. The van der Waals surface area contributed by atoms with Crippen molar-refractivity contribution in [3.8, 4) is 11.6 Å². The van der Waals surface area contributed by atoms with E-state index in [9.17, 15) is 18.0 Å². The second-order valence-electron chi connectivity index (χ2n) is 5.49. The van der Waals surface area contributed by atoms with Crippen LogP contribution in [0.15, 0.2) is 18.2 Å². The minimum Gasteiger partial charge on any atom is -0.434 e. The summed E-state index contributed by atoms with van der Waals surface area (Å²) >= 11 is 11.7. The molecule has 1 aromatic carbocycles. The molecule has 154 valence electrons. The number of carbonyl (C=O) groups excluding carboxylic acids is 1. The lowest BCUT2D eigenvalue weighted by molar-refractivity contribution is -0.137. The molecule has 1 aromatic heterocycles. The Balaban J connectivity index is 2.19. The number of hydrogen-bond donors (Lipinski definition) is 1. The average molecular weight is 442 g/mol. The number of ether oxygens (including phenoxy) is 3. The molecular formula is C16H16Cl2F3N3O4. The predicted molar refractivity (Wildman–Crippen MR) is 95.1 cm³/mol. The van der Waals surface area contributed by atoms with Crippen molar-refractivity contribution in [2.75, 3.05) is 20.8 Å². The summed E-state index contributed by atoms with van der Waals surface area (Å²) in [5.41, 5.74) is -0.611. The zero-order chi connectivity index (χ0) is 21.1. The number of hydrogen-bond acceptors (Lipinski definition) is 5. The third-order valence-corrected chi connectivity index (χ3v) is 4.10. The molecule has 0 unspecified atom stereocenters. The molecule has 2 rings (SSSR count). The first-order valence-corrected chi connectivity index (χ1v) is 8.47. The topological polar surface area (TPSA) is 74.6 Å². The van der Waals surface area contributed by atoms with E-state index in [1.54, 1.807) is 6.92 Å². The lowest BCUT2D eigenvalue weighted by atomic mass is 10.2. The van der Waals surface area contributed by atoms with Gasteiger partial charge in [0.2, 0.25) is 5.88 Å². The molecule has 0 spiro atoms. The molecule has 0 bridgehead atoms. The van der Waals surface area contributed by atoms with Gasteiger partial charge in [-0.2, -0.15) is 17.9 Å². The van der Waals surface area contributed by atoms with Gasteiger partial charge < -0.3 is 19.5 Å². The van der Waals surface area contributed by atoms with Crippen LogP contribution in [0.5, 0.6) is 11.6 Å². The van der Waals surface area contributed by atoms with Crippen LogP contribution in [0.1, 0.15) is 11.3 Å². The summed E-state index contributed by atoms with van der Waals surface area (Å²) in [6, 6.07) is 2.19. The minimum absolute atomic E-state index is 0.0673. The van der Waals surface area contributed by atoms with E-state index in [4.69, 9.17) is 37.4 Å². The highest BCUT2D eigenvalue weighted by molar-refractivity contribution is 6.37. The molecule has 0 atom stereocenters. The van der Waals surface area contributed by atoms with Crippen molar-refractivity contribution in [2.24, 2.45) is 0 Å². The normalized spacial score (nSPS) is 11.8. The van der Waals surface area contributed by atoms with Crippen LogP contribution in [-0.2, 0) is 15.7 Å². The molecule has 0 radical (unpaired) electrons. The first-order valence-electron chi connectivity index (χ1n) is 7.71. The van der Waals surface area contributed by atoms with Crippen LogP contribution in [0.2, 0.25) is 10.0 Å². The van der Waals surface area contributed by atoms with E-state index in [1.807, 2.05) is 0 Å². The fourth-order valence-electron chi connectivity index (χ4n) is 2.14. The number of halogens is 5. The Labute approximate surface area is 168 Å². The van der Waals surface area contributed by atoms with E-state index in [0.29, 0.717) is 17.8 Å². The number of amides is 1. The lowest BCUT2D eigenvalue weighted by Gasteiger charge is -2.14. The summed E-state index contributed by atoms with van der Waals surface area (Å²) in [6.07, 6.45) is -5.25. The average Bonchev–Trinajstić information content (AvgIpc) is 2.98. The molecule has 0 aliphatic carbocycles. The number of nitrogens with zero attached hydrogens (tertiary/aromatic N) is 2. The zero-order valence-electron chi connectivity index (χ0n) is 14.9. The maximum Gasteiger partial charge on any atom is 0.416 e. The van der Waals surface area contributed by atoms with Crippen molar-refractivity contribution < 1.29 is 32.2 Å². The molecule has 7 nitrogen and oxygen atoms in total. The molecule has 1 amide bonds. The number of aryl methyl sites for hydroxylation is 1. The van der Waals surface area contributed by atoms with E-state index in [1.165, 1.54) is 20.3 Å². The Morgan fingerprint density at radius 2 is 1.79 bits per heavy atom.